The first-order valence-electron chi connectivity index (χ1n) is 6.21. The maximum absolute atomic E-state index is 11.2. The number of nitrogens with zero attached hydrogens (tertiary/aromatic N) is 1. The van der Waals surface area contributed by atoms with Gasteiger partial charge in [0.15, 0.2) is 0 Å². The first kappa shape index (κ1) is 13.4. The monoisotopic (exact) mass is 265 g/mol. The van der Waals surface area contributed by atoms with E-state index in [1.165, 1.54) is 30.2 Å². The Morgan fingerprint density at radius 1 is 1.56 bits per heavy atom. The lowest BCUT2D eigenvalue weighted by molar-refractivity contribution is -0.118. The minimum atomic E-state index is 0.0284. The van der Waals surface area contributed by atoms with Crippen molar-refractivity contribution >= 4 is 17.7 Å². The molecule has 1 fully saturated rings. The molecule has 0 unspecified atom stereocenters. The lowest BCUT2D eigenvalue weighted by Crippen LogP contribution is -2.20. The van der Waals surface area contributed by atoms with Crippen LogP contribution in [0.15, 0.2) is 17.3 Å². The lowest BCUT2D eigenvalue weighted by Gasteiger charge is -2.07. The lowest BCUT2D eigenvalue weighted by atomic mass is 10.2. The summed E-state index contributed by atoms with van der Waals surface area (Å²) in [6, 6.07) is 2.86. The number of hydrogen-bond acceptors (Lipinski definition) is 4. The highest BCUT2D eigenvalue weighted by Crippen LogP contribution is 2.22. The van der Waals surface area contributed by atoms with Crippen molar-refractivity contribution in [2.24, 2.45) is 0 Å². The molecule has 0 spiro atoms. The van der Waals surface area contributed by atoms with Gasteiger partial charge in [0.25, 0.3) is 0 Å². The molecule has 5 heteroatoms. The van der Waals surface area contributed by atoms with E-state index < -0.39 is 0 Å². The molecule has 1 aliphatic rings. The number of aromatic nitrogens is 1. The van der Waals surface area contributed by atoms with Crippen molar-refractivity contribution in [2.45, 2.75) is 37.4 Å². The van der Waals surface area contributed by atoms with Gasteiger partial charge in [-0.05, 0) is 30.9 Å². The summed E-state index contributed by atoms with van der Waals surface area (Å²) < 4.78 is 0. The first-order chi connectivity index (χ1) is 8.69. The zero-order valence-electron chi connectivity index (χ0n) is 10.8. The Labute approximate surface area is 112 Å². The van der Waals surface area contributed by atoms with Crippen LogP contribution in [0.5, 0.6) is 0 Å². The minimum absolute atomic E-state index is 0.0284. The zero-order chi connectivity index (χ0) is 13.0. The molecule has 0 bridgehead atoms. The molecule has 18 heavy (non-hydrogen) atoms. The van der Waals surface area contributed by atoms with E-state index in [0.717, 1.165) is 17.1 Å². The number of pyridine rings is 1. The van der Waals surface area contributed by atoms with Gasteiger partial charge in [0.2, 0.25) is 5.91 Å². The predicted octanol–water partition coefficient (Wildman–Crippen LogP) is 1.48. The van der Waals surface area contributed by atoms with Crippen LogP contribution in [0.3, 0.4) is 0 Å². The quantitative estimate of drug-likeness (QED) is 0.765. The van der Waals surface area contributed by atoms with Gasteiger partial charge >= 0.3 is 0 Å². The van der Waals surface area contributed by atoms with Crippen LogP contribution in [0.4, 0.5) is 0 Å². The number of hydrogen-bond donors (Lipinski definition) is 2. The molecule has 0 aliphatic heterocycles. The molecule has 1 aliphatic carbocycles. The summed E-state index contributed by atoms with van der Waals surface area (Å²) >= 11 is 1.48. The van der Waals surface area contributed by atoms with Gasteiger partial charge in [0, 0.05) is 25.8 Å². The van der Waals surface area contributed by atoms with Gasteiger partial charge < -0.3 is 10.6 Å². The summed E-state index contributed by atoms with van der Waals surface area (Å²) in [6.07, 6.45) is 4.49. The third-order valence-corrected chi connectivity index (χ3v) is 3.99. The van der Waals surface area contributed by atoms with Crippen molar-refractivity contribution in [3.8, 4) is 0 Å². The van der Waals surface area contributed by atoms with Gasteiger partial charge in [-0.25, -0.2) is 4.98 Å². The highest BCUT2D eigenvalue weighted by atomic mass is 32.2. The third-order valence-electron chi connectivity index (χ3n) is 2.88. The molecule has 98 valence electrons. The van der Waals surface area contributed by atoms with Gasteiger partial charge in [0.1, 0.15) is 0 Å². The van der Waals surface area contributed by atoms with Crippen molar-refractivity contribution in [1.29, 1.82) is 0 Å². The molecule has 0 atom stereocenters. The zero-order valence-corrected chi connectivity index (χ0v) is 11.6. The second-order valence-electron chi connectivity index (χ2n) is 4.58. The van der Waals surface area contributed by atoms with Crippen molar-refractivity contribution in [2.75, 3.05) is 12.8 Å². The van der Waals surface area contributed by atoms with Crippen LogP contribution in [-0.2, 0) is 11.3 Å². The Bertz CT molecular complexity index is 432. The smallest absolute Gasteiger partial charge is 0.230 e. The van der Waals surface area contributed by atoms with Crippen LogP contribution in [0, 0.1) is 6.92 Å². The van der Waals surface area contributed by atoms with E-state index in [0.29, 0.717) is 11.8 Å². The Balaban J connectivity index is 1.89. The number of aryl methyl sites for hydroxylation is 1. The number of amides is 1. The molecule has 0 saturated heterocycles. The largest absolute Gasteiger partial charge is 0.358 e. The maximum Gasteiger partial charge on any atom is 0.230 e. The number of thioether (sulfide) groups is 1. The highest BCUT2D eigenvalue weighted by molar-refractivity contribution is 7.99. The molecule has 1 aromatic heterocycles. The van der Waals surface area contributed by atoms with E-state index in [9.17, 15) is 4.79 Å². The molecule has 2 rings (SSSR count). The SMILES string of the molecule is CNC(=O)CSc1ncc(CNC2CC2)cc1C. The molecular weight excluding hydrogens is 246 g/mol. The molecule has 1 amide bonds. The van der Waals surface area contributed by atoms with Crippen LogP contribution >= 0.6 is 11.8 Å². The predicted molar refractivity (Wildman–Crippen MR) is 73.6 cm³/mol. The molecule has 1 aromatic rings. The maximum atomic E-state index is 11.2. The topological polar surface area (TPSA) is 54.0 Å². The van der Waals surface area contributed by atoms with E-state index in [1.54, 1.807) is 7.05 Å². The fourth-order valence-electron chi connectivity index (χ4n) is 1.62. The number of nitrogens with one attached hydrogen (secondary N) is 2. The van der Waals surface area contributed by atoms with E-state index in [4.69, 9.17) is 0 Å². The first-order valence-corrected chi connectivity index (χ1v) is 7.20. The summed E-state index contributed by atoms with van der Waals surface area (Å²) in [6.45, 7) is 2.93. The van der Waals surface area contributed by atoms with Gasteiger partial charge in [-0.3, -0.25) is 4.79 Å². The Morgan fingerprint density at radius 3 is 2.94 bits per heavy atom. The van der Waals surface area contributed by atoms with Gasteiger partial charge in [-0.15, -0.1) is 0 Å². The third kappa shape index (κ3) is 3.99. The van der Waals surface area contributed by atoms with Crippen molar-refractivity contribution in [3.63, 3.8) is 0 Å². The Kier molecular flexibility index (Phi) is 4.60. The van der Waals surface area contributed by atoms with Crippen LogP contribution in [0.1, 0.15) is 24.0 Å². The van der Waals surface area contributed by atoms with Crippen molar-refractivity contribution < 1.29 is 4.79 Å². The van der Waals surface area contributed by atoms with E-state index in [-0.39, 0.29) is 5.91 Å². The molecule has 4 nitrogen and oxygen atoms in total. The molecule has 2 N–H and O–H groups in total. The molecule has 0 radical (unpaired) electrons. The van der Waals surface area contributed by atoms with E-state index >= 15 is 0 Å². The van der Waals surface area contributed by atoms with Crippen LogP contribution in [0.25, 0.3) is 0 Å². The minimum Gasteiger partial charge on any atom is -0.358 e. The van der Waals surface area contributed by atoms with Gasteiger partial charge in [-0.1, -0.05) is 17.8 Å². The number of carbonyl (C=O) groups excluding carboxylic acids is 1. The van der Waals surface area contributed by atoms with E-state index in [2.05, 4.69) is 21.7 Å². The normalized spacial score (nSPS) is 14.6. The fraction of sp³-hybridized carbons (Fsp3) is 0.538. The van der Waals surface area contributed by atoms with E-state index in [1.807, 2.05) is 13.1 Å². The standard InChI is InChI=1S/C13H19N3OS/c1-9-5-10(6-15-11-3-4-11)7-16-13(9)18-8-12(17)14-2/h5,7,11,15H,3-4,6,8H2,1-2H3,(H,14,17). The Morgan fingerprint density at radius 2 is 2.33 bits per heavy atom. The summed E-state index contributed by atoms with van der Waals surface area (Å²) in [7, 11) is 1.65. The summed E-state index contributed by atoms with van der Waals surface area (Å²) in [5.74, 6) is 0.449. The van der Waals surface area contributed by atoms with Crippen molar-refractivity contribution in [3.05, 3.63) is 23.4 Å². The molecule has 0 aromatic carbocycles. The average Bonchev–Trinajstić information content (AvgIpc) is 3.18. The Hall–Kier alpha value is -1.07. The number of rotatable bonds is 6. The van der Waals surface area contributed by atoms with Crippen LogP contribution in [0.2, 0.25) is 0 Å². The van der Waals surface area contributed by atoms with Gasteiger partial charge in [0.05, 0.1) is 10.8 Å². The summed E-state index contributed by atoms with van der Waals surface area (Å²) in [5, 5.41) is 7.01. The van der Waals surface area contributed by atoms with Crippen LogP contribution in [-0.4, -0.2) is 29.7 Å². The molecule has 1 saturated carbocycles. The molecular formula is C13H19N3OS. The highest BCUT2D eigenvalue weighted by Gasteiger charge is 2.20. The average molecular weight is 265 g/mol. The van der Waals surface area contributed by atoms with Crippen molar-refractivity contribution in [1.82, 2.24) is 15.6 Å². The summed E-state index contributed by atoms with van der Waals surface area (Å²) in [5.41, 5.74) is 2.35. The summed E-state index contributed by atoms with van der Waals surface area (Å²) in [4.78, 5) is 15.6. The molecule has 1 heterocycles. The fourth-order valence-corrected chi connectivity index (χ4v) is 2.45. The second-order valence-corrected chi connectivity index (χ2v) is 5.55. The van der Waals surface area contributed by atoms with Gasteiger partial charge in [-0.2, -0.15) is 0 Å². The second kappa shape index (κ2) is 6.20. The van der Waals surface area contributed by atoms with Crippen LogP contribution < -0.4 is 10.6 Å². The number of carbonyl (C=O) groups is 1.